The van der Waals surface area contributed by atoms with Crippen molar-refractivity contribution in [3.8, 4) is 0 Å². The van der Waals surface area contributed by atoms with Gasteiger partial charge in [0.05, 0.1) is 0 Å². The molecule has 1 atom stereocenters. The van der Waals surface area contributed by atoms with E-state index in [0.29, 0.717) is 0 Å². The van der Waals surface area contributed by atoms with E-state index < -0.39 is 0 Å². The van der Waals surface area contributed by atoms with Crippen LogP contribution >= 0.6 is 0 Å². The lowest BCUT2D eigenvalue weighted by atomic mass is 10.00. The molecule has 1 amide bonds. The zero-order valence-corrected chi connectivity index (χ0v) is 7.34. The summed E-state index contributed by atoms with van der Waals surface area (Å²) in [6, 6.07) is 0. The van der Waals surface area contributed by atoms with Crippen molar-refractivity contribution in [3.63, 3.8) is 0 Å². The van der Waals surface area contributed by atoms with Gasteiger partial charge in [0, 0.05) is 5.92 Å². The van der Waals surface area contributed by atoms with Crippen LogP contribution in [-0.4, -0.2) is 5.91 Å². The van der Waals surface area contributed by atoms with Gasteiger partial charge in [-0.15, -0.1) is 0 Å². The molecule has 0 aliphatic rings. The Hall–Kier alpha value is -0.790. The first-order chi connectivity index (χ1) is 5.22. The SMILES string of the molecule is CC=CCCC(CC)C(N)=O. The second-order valence-electron chi connectivity index (χ2n) is 2.65. The molecular formula is C9H17NO. The van der Waals surface area contributed by atoms with Crippen molar-refractivity contribution in [2.24, 2.45) is 11.7 Å². The zero-order valence-electron chi connectivity index (χ0n) is 7.34. The molecule has 2 nitrogen and oxygen atoms in total. The first-order valence-corrected chi connectivity index (χ1v) is 4.12. The largest absolute Gasteiger partial charge is 0.369 e. The molecule has 64 valence electrons. The molecule has 0 aromatic heterocycles. The standard InChI is InChI=1S/C9H17NO/c1-3-5-6-7-8(4-2)9(10)11/h3,5,8H,4,6-7H2,1-2H3,(H2,10,11). The molecule has 0 fully saturated rings. The second-order valence-corrected chi connectivity index (χ2v) is 2.65. The van der Waals surface area contributed by atoms with Gasteiger partial charge in [0.25, 0.3) is 0 Å². The van der Waals surface area contributed by atoms with Crippen LogP contribution in [0.4, 0.5) is 0 Å². The molecule has 0 aromatic rings. The molecule has 0 bridgehead atoms. The van der Waals surface area contributed by atoms with E-state index in [0.717, 1.165) is 19.3 Å². The Labute approximate surface area is 68.5 Å². The highest BCUT2D eigenvalue weighted by Gasteiger charge is 2.10. The third kappa shape index (κ3) is 4.59. The van der Waals surface area contributed by atoms with Crippen molar-refractivity contribution < 1.29 is 4.79 Å². The van der Waals surface area contributed by atoms with E-state index in [2.05, 4.69) is 6.08 Å². The summed E-state index contributed by atoms with van der Waals surface area (Å²) in [7, 11) is 0. The van der Waals surface area contributed by atoms with E-state index in [4.69, 9.17) is 5.73 Å². The summed E-state index contributed by atoms with van der Waals surface area (Å²) in [6.45, 7) is 3.97. The molecule has 1 unspecified atom stereocenters. The Morgan fingerprint density at radius 3 is 2.64 bits per heavy atom. The van der Waals surface area contributed by atoms with Crippen molar-refractivity contribution >= 4 is 5.91 Å². The summed E-state index contributed by atoms with van der Waals surface area (Å²) in [6.07, 6.45) is 6.75. The molecule has 11 heavy (non-hydrogen) atoms. The van der Waals surface area contributed by atoms with Gasteiger partial charge in [-0.3, -0.25) is 4.79 Å². The third-order valence-corrected chi connectivity index (χ3v) is 1.81. The minimum Gasteiger partial charge on any atom is -0.369 e. The Balaban J connectivity index is 3.61. The fourth-order valence-corrected chi connectivity index (χ4v) is 1.01. The van der Waals surface area contributed by atoms with Gasteiger partial charge < -0.3 is 5.73 Å². The fourth-order valence-electron chi connectivity index (χ4n) is 1.01. The lowest BCUT2D eigenvalue weighted by Gasteiger charge is -2.07. The number of allylic oxidation sites excluding steroid dienone is 2. The van der Waals surface area contributed by atoms with Crippen molar-refractivity contribution in [1.82, 2.24) is 0 Å². The summed E-state index contributed by atoms with van der Waals surface area (Å²) in [4.78, 5) is 10.7. The number of amides is 1. The summed E-state index contributed by atoms with van der Waals surface area (Å²) in [5.41, 5.74) is 5.17. The minimum absolute atomic E-state index is 0.0613. The number of rotatable bonds is 5. The first kappa shape index (κ1) is 10.2. The van der Waals surface area contributed by atoms with Gasteiger partial charge in [0.15, 0.2) is 0 Å². The maximum Gasteiger partial charge on any atom is 0.220 e. The monoisotopic (exact) mass is 155 g/mol. The molecule has 0 spiro atoms. The van der Waals surface area contributed by atoms with Crippen LogP contribution in [0.2, 0.25) is 0 Å². The average molecular weight is 155 g/mol. The molecule has 0 aliphatic carbocycles. The maximum absolute atomic E-state index is 10.7. The number of primary amides is 1. The van der Waals surface area contributed by atoms with Gasteiger partial charge in [-0.2, -0.15) is 0 Å². The van der Waals surface area contributed by atoms with Crippen LogP contribution in [0.1, 0.15) is 33.1 Å². The van der Waals surface area contributed by atoms with Crippen LogP contribution in [0.15, 0.2) is 12.2 Å². The van der Waals surface area contributed by atoms with Crippen molar-refractivity contribution in [2.75, 3.05) is 0 Å². The fraction of sp³-hybridized carbons (Fsp3) is 0.667. The van der Waals surface area contributed by atoms with Gasteiger partial charge in [-0.1, -0.05) is 19.1 Å². The Morgan fingerprint density at radius 1 is 1.64 bits per heavy atom. The highest BCUT2D eigenvalue weighted by Crippen LogP contribution is 2.10. The van der Waals surface area contributed by atoms with E-state index in [9.17, 15) is 4.79 Å². The third-order valence-electron chi connectivity index (χ3n) is 1.81. The smallest absolute Gasteiger partial charge is 0.220 e. The lowest BCUT2D eigenvalue weighted by Crippen LogP contribution is -2.22. The van der Waals surface area contributed by atoms with Crippen LogP contribution in [0.5, 0.6) is 0 Å². The van der Waals surface area contributed by atoms with Gasteiger partial charge in [-0.25, -0.2) is 0 Å². The summed E-state index contributed by atoms with van der Waals surface area (Å²) in [5.74, 6) is -0.108. The van der Waals surface area contributed by atoms with Crippen LogP contribution in [0.25, 0.3) is 0 Å². The zero-order chi connectivity index (χ0) is 8.69. The Morgan fingerprint density at radius 2 is 2.27 bits per heavy atom. The number of nitrogens with two attached hydrogens (primary N) is 1. The van der Waals surface area contributed by atoms with E-state index in [1.165, 1.54) is 0 Å². The number of carbonyl (C=O) groups excluding carboxylic acids is 1. The lowest BCUT2D eigenvalue weighted by molar-refractivity contribution is -0.122. The molecule has 0 heterocycles. The van der Waals surface area contributed by atoms with Crippen LogP contribution in [-0.2, 0) is 4.79 Å². The summed E-state index contributed by atoms with van der Waals surface area (Å²) < 4.78 is 0. The molecule has 0 rings (SSSR count). The van der Waals surface area contributed by atoms with E-state index >= 15 is 0 Å². The molecular weight excluding hydrogens is 138 g/mol. The van der Waals surface area contributed by atoms with Gasteiger partial charge in [0.2, 0.25) is 5.91 Å². The van der Waals surface area contributed by atoms with Crippen LogP contribution in [0, 0.1) is 5.92 Å². The minimum atomic E-state index is -0.169. The quantitative estimate of drug-likeness (QED) is 0.605. The predicted octanol–water partition coefficient (Wildman–Crippen LogP) is 1.85. The Kier molecular flexibility index (Phi) is 5.53. The normalized spacial score (nSPS) is 13.6. The van der Waals surface area contributed by atoms with Crippen LogP contribution in [0.3, 0.4) is 0 Å². The molecule has 0 radical (unpaired) electrons. The van der Waals surface area contributed by atoms with Crippen molar-refractivity contribution in [2.45, 2.75) is 33.1 Å². The average Bonchev–Trinajstić information content (AvgIpc) is 1.97. The molecule has 0 aliphatic heterocycles. The van der Waals surface area contributed by atoms with Crippen molar-refractivity contribution in [1.29, 1.82) is 0 Å². The maximum atomic E-state index is 10.7. The molecule has 2 N–H and O–H groups in total. The number of hydrogen-bond donors (Lipinski definition) is 1. The molecule has 0 saturated carbocycles. The molecule has 0 aromatic carbocycles. The van der Waals surface area contributed by atoms with Gasteiger partial charge in [0.1, 0.15) is 0 Å². The summed E-state index contributed by atoms with van der Waals surface area (Å²) in [5, 5.41) is 0. The molecule has 2 heteroatoms. The van der Waals surface area contributed by atoms with E-state index in [1.807, 2.05) is 19.9 Å². The van der Waals surface area contributed by atoms with Crippen LogP contribution < -0.4 is 5.73 Å². The van der Waals surface area contributed by atoms with Gasteiger partial charge >= 0.3 is 0 Å². The number of hydrogen-bond acceptors (Lipinski definition) is 1. The van der Waals surface area contributed by atoms with E-state index in [-0.39, 0.29) is 11.8 Å². The predicted molar refractivity (Wildman–Crippen MR) is 47.0 cm³/mol. The second kappa shape index (κ2) is 5.96. The topological polar surface area (TPSA) is 43.1 Å². The number of carbonyl (C=O) groups is 1. The van der Waals surface area contributed by atoms with Crippen molar-refractivity contribution in [3.05, 3.63) is 12.2 Å². The summed E-state index contributed by atoms with van der Waals surface area (Å²) >= 11 is 0. The van der Waals surface area contributed by atoms with E-state index in [1.54, 1.807) is 0 Å². The molecule has 0 saturated heterocycles. The highest BCUT2D eigenvalue weighted by atomic mass is 16.1. The first-order valence-electron chi connectivity index (χ1n) is 4.12. The Bertz CT molecular complexity index is 140. The highest BCUT2D eigenvalue weighted by molar-refractivity contribution is 5.76. The van der Waals surface area contributed by atoms with Gasteiger partial charge in [-0.05, 0) is 26.2 Å².